The number of amides is 2. The summed E-state index contributed by atoms with van der Waals surface area (Å²) in [6.07, 6.45) is 8.26. The van der Waals surface area contributed by atoms with E-state index in [1.165, 1.54) is 12.8 Å². The molecule has 1 atom stereocenters. The third kappa shape index (κ3) is 6.31. The summed E-state index contributed by atoms with van der Waals surface area (Å²) in [5.41, 5.74) is 0.840. The average Bonchev–Trinajstić information content (AvgIpc) is 3.64. The summed E-state index contributed by atoms with van der Waals surface area (Å²) in [6.45, 7) is 0.758. The summed E-state index contributed by atoms with van der Waals surface area (Å²) in [4.78, 5) is 23.0. The van der Waals surface area contributed by atoms with Crippen LogP contribution in [0.5, 0.6) is 5.75 Å². The lowest BCUT2D eigenvalue weighted by atomic mass is 9.92. The molecule has 31 heavy (non-hydrogen) atoms. The second-order valence-corrected chi connectivity index (χ2v) is 11.8. The minimum absolute atomic E-state index is 0.113. The molecule has 1 unspecified atom stereocenters. The highest BCUT2D eigenvalue weighted by Gasteiger charge is 2.47. The number of piperidine rings is 1. The Labute approximate surface area is 185 Å². The molecule has 1 aliphatic heterocycles. The van der Waals surface area contributed by atoms with E-state index in [9.17, 15) is 18.0 Å². The molecule has 1 saturated heterocycles. The first kappa shape index (κ1) is 22.3. The highest BCUT2D eigenvalue weighted by Crippen LogP contribution is 2.50. The number of hydrogen-bond acceptors (Lipinski definition) is 5. The summed E-state index contributed by atoms with van der Waals surface area (Å²) in [5.74, 6) is 1.46. The van der Waals surface area contributed by atoms with Gasteiger partial charge in [-0.1, -0.05) is 25.0 Å². The Bertz CT molecular complexity index is 918. The standard InChI is InChI=1S/C24H33NO5S/c26-22-11-10-19(23(27)25-22)5-2-1-3-14-31(28,29)17-24(12-13-24)20-6-4-7-21(15-20)30-16-18-8-9-18/h4,6-7,15,18-19H,1-3,5,8-14,16-17H2,(H,25,26,27). The summed E-state index contributed by atoms with van der Waals surface area (Å²) in [5, 5.41) is 2.38. The van der Waals surface area contributed by atoms with Crippen LogP contribution in [0.2, 0.25) is 0 Å². The number of hydrogen-bond donors (Lipinski definition) is 1. The van der Waals surface area contributed by atoms with Crippen LogP contribution in [0.15, 0.2) is 24.3 Å². The third-order valence-electron chi connectivity index (χ3n) is 6.84. The maximum absolute atomic E-state index is 12.8. The molecule has 3 fully saturated rings. The summed E-state index contributed by atoms with van der Waals surface area (Å²) in [7, 11) is -3.14. The first-order chi connectivity index (χ1) is 14.9. The second kappa shape index (κ2) is 9.31. The van der Waals surface area contributed by atoms with Crippen LogP contribution in [0.1, 0.15) is 69.8 Å². The second-order valence-electron chi connectivity index (χ2n) is 9.65. The number of rotatable bonds is 12. The van der Waals surface area contributed by atoms with Crippen LogP contribution in [-0.2, 0) is 24.8 Å². The molecule has 1 heterocycles. The third-order valence-corrected chi connectivity index (χ3v) is 8.74. The van der Waals surface area contributed by atoms with E-state index in [-0.39, 0.29) is 34.7 Å². The van der Waals surface area contributed by atoms with Crippen molar-refractivity contribution in [1.82, 2.24) is 5.32 Å². The first-order valence-electron chi connectivity index (χ1n) is 11.6. The van der Waals surface area contributed by atoms with Crippen LogP contribution < -0.4 is 10.1 Å². The molecule has 1 aromatic rings. The van der Waals surface area contributed by atoms with Gasteiger partial charge in [-0.2, -0.15) is 0 Å². The Morgan fingerprint density at radius 3 is 2.58 bits per heavy atom. The molecule has 1 N–H and O–H groups in total. The minimum Gasteiger partial charge on any atom is -0.493 e. The number of sulfone groups is 1. The van der Waals surface area contributed by atoms with E-state index in [2.05, 4.69) is 5.32 Å². The van der Waals surface area contributed by atoms with Crippen LogP contribution in [0.4, 0.5) is 0 Å². The lowest BCUT2D eigenvalue weighted by molar-refractivity contribution is -0.136. The quantitative estimate of drug-likeness (QED) is 0.391. The maximum Gasteiger partial charge on any atom is 0.229 e. The van der Waals surface area contributed by atoms with Crippen LogP contribution in [0.25, 0.3) is 0 Å². The highest BCUT2D eigenvalue weighted by molar-refractivity contribution is 7.91. The van der Waals surface area contributed by atoms with Crippen LogP contribution in [-0.4, -0.2) is 38.3 Å². The number of benzene rings is 1. The summed E-state index contributed by atoms with van der Waals surface area (Å²) < 4.78 is 31.5. The van der Waals surface area contributed by atoms with Gasteiger partial charge in [0.2, 0.25) is 11.8 Å². The largest absolute Gasteiger partial charge is 0.493 e. The van der Waals surface area contributed by atoms with Crippen molar-refractivity contribution in [2.24, 2.45) is 11.8 Å². The Morgan fingerprint density at radius 1 is 1.06 bits per heavy atom. The van der Waals surface area contributed by atoms with E-state index >= 15 is 0 Å². The monoisotopic (exact) mass is 447 g/mol. The average molecular weight is 448 g/mol. The van der Waals surface area contributed by atoms with Crippen molar-refractivity contribution in [3.05, 3.63) is 29.8 Å². The van der Waals surface area contributed by atoms with Gasteiger partial charge < -0.3 is 4.74 Å². The Kier molecular flexibility index (Phi) is 6.70. The molecule has 7 heteroatoms. The van der Waals surface area contributed by atoms with E-state index in [1.54, 1.807) is 0 Å². The number of carbonyl (C=O) groups excluding carboxylic acids is 2. The molecule has 0 radical (unpaired) electrons. The van der Waals surface area contributed by atoms with Crippen molar-refractivity contribution in [2.45, 2.75) is 69.6 Å². The van der Waals surface area contributed by atoms with E-state index in [0.717, 1.165) is 50.0 Å². The van der Waals surface area contributed by atoms with Gasteiger partial charge in [0.1, 0.15) is 5.75 Å². The normalized spacial score (nSPS) is 22.8. The van der Waals surface area contributed by atoms with Crippen molar-refractivity contribution < 1.29 is 22.7 Å². The molecule has 170 valence electrons. The molecule has 0 aromatic heterocycles. The molecule has 1 aromatic carbocycles. The topological polar surface area (TPSA) is 89.5 Å². The summed E-state index contributed by atoms with van der Waals surface area (Å²) in [6, 6.07) is 8.00. The number of imide groups is 1. The fourth-order valence-corrected chi connectivity index (χ4v) is 6.56. The smallest absolute Gasteiger partial charge is 0.229 e. The van der Waals surface area contributed by atoms with Gasteiger partial charge in [0.15, 0.2) is 9.84 Å². The highest BCUT2D eigenvalue weighted by atomic mass is 32.2. The van der Waals surface area contributed by atoms with Gasteiger partial charge >= 0.3 is 0 Å². The molecule has 3 aliphatic rings. The van der Waals surface area contributed by atoms with Crippen LogP contribution in [0, 0.1) is 11.8 Å². The molecular formula is C24H33NO5S. The zero-order chi connectivity index (χ0) is 21.9. The lowest BCUT2D eigenvalue weighted by Crippen LogP contribution is -2.40. The molecule has 0 bridgehead atoms. The lowest BCUT2D eigenvalue weighted by Gasteiger charge is -2.20. The molecule has 2 saturated carbocycles. The predicted octanol–water partition coefficient (Wildman–Crippen LogP) is 3.54. The van der Waals surface area contributed by atoms with Crippen molar-refractivity contribution in [3.63, 3.8) is 0 Å². The molecule has 2 amide bonds. The fraction of sp³-hybridized carbons (Fsp3) is 0.667. The van der Waals surface area contributed by atoms with Gasteiger partial charge in [0, 0.05) is 17.8 Å². The first-order valence-corrected chi connectivity index (χ1v) is 13.4. The zero-order valence-electron chi connectivity index (χ0n) is 18.1. The Balaban J connectivity index is 1.21. The van der Waals surface area contributed by atoms with E-state index < -0.39 is 9.84 Å². The van der Waals surface area contributed by atoms with Gasteiger partial charge in [0.05, 0.1) is 18.1 Å². The van der Waals surface area contributed by atoms with Crippen LogP contribution in [0.3, 0.4) is 0 Å². The van der Waals surface area contributed by atoms with Crippen molar-refractivity contribution in [3.8, 4) is 5.75 Å². The van der Waals surface area contributed by atoms with Gasteiger partial charge in [-0.3, -0.25) is 14.9 Å². The van der Waals surface area contributed by atoms with E-state index in [4.69, 9.17) is 4.74 Å². The van der Waals surface area contributed by atoms with Crippen molar-refractivity contribution >= 4 is 21.7 Å². The number of nitrogens with one attached hydrogen (secondary N) is 1. The number of ether oxygens (including phenoxy) is 1. The Morgan fingerprint density at radius 2 is 1.87 bits per heavy atom. The van der Waals surface area contributed by atoms with Crippen molar-refractivity contribution in [2.75, 3.05) is 18.1 Å². The van der Waals surface area contributed by atoms with Gasteiger partial charge in [-0.05, 0) is 68.6 Å². The SMILES string of the molecule is O=C1CCC(CCCCCS(=O)(=O)CC2(c3cccc(OCC4CC4)c3)CC2)C(=O)N1. The Hall–Kier alpha value is -1.89. The fourth-order valence-electron chi connectivity index (χ4n) is 4.48. The molecule has 0 spiro atoms. The number of unbranched alkanes of at least 4 members (excludes halogenated alkanes) is 2. The minimum atomic E-state index is -3.14. The van der Waals surface area contributed by atoms with E-state index in [1.807, 2.05) is 24.3 Å². The van der Waals surface area contributed by atoms with Crippen LogP contribution >= 0.6 is 0 Å². The zero-order valence-corrected chi connectivity index (χ0v) is 18.9. The molecule has 4 rings (SSSR count). The maximum atomic E-state index is 12.8. The van der Waals surface area contributed by atoms with E-state index in [0.29, 0.717) is 25.2 Å². The summed E-state index contributed by atoms with van der Waals surface area (Å²) >= 11 is 0. The number of carbonyl (C=O) groups is 2. The predicted molar refractivity (Wildman–Crippen MR) is 119 cm³/mol. The van der Waals surface area contributed by atoms with Gasteiger partial charge in [-0.25, -0.2) is 8.42 Å². The molecular weight excluding hydrogens is 414 g/mol. The van der Waals surface area contributed by atoms with Gasteiger partial charge in [-0.15, -0.1) is 0 Å². The van der Waals surface area contributed by atoms with Crippen molar-refractivity contribution in [1.29, 1.82) is 0 Å². The molecule has 6 nitrogen and oxygen atoms in total. The molecule has 2 aliphatic carbocycles. The van der Waals surface area contributed by atoms with Gasteiger partial charge in [0.25, 0.3) is 0 Å².